The molecule has 1 aromatic heterocycles. The molecule has 2 aliphatic rings. The highest BCUT2D eigenvalue weighted by atomic mass is 32.2. The molecule has 0 radical (unpaired) electrons. The van der Waals surface area contributed by atoms with Crippen molar-refractivity contribution in [1.29, 1.82) is 0 Å². The van der Waals surface area contributed by atoms with Crippen molar-refractivity contribution in [1.82, 2.24) is 14.1 Å². The molecule has 0 saturated carbocycles. The molecular formula is C19H30N4O5S2. The van der Waals surface area contributed by atoms with Gasteiger partial charge in [0.25, 0.3) is 10.0 Å². The van der Waals surface area contributed by atoms with Crippen molar-refractivity contribution in [2.75, 3.05) is 57.8 Å². The smallest absolute Gasteiger partial charge is 0.322 e. The summed E-state index contributed by atoms with van der Waals surface area (Å²) < 4.78 is 32.3. The number of nitrogens with zero attached hydrogens (tertiary/aromatic N) is 3. The first-order chi connectivity index (χ1) is 14.3. The van der Waals surface area contributed by atoms with Crippen molar-refractivity contribution < 1.29 is 22.7 Å². The third-order valence-electron chi connectivity index (χ3n) is 5.09. The van der Waals surface area contributed by atoms with E-state index in [0.717, 1.165) is 17.8 Å². The third-order valence-corrected chi connectivity index (χ3v) is 8.46. The highest BCUT2D eigenvalue weighted by molar-refractivity contribution is 7.91. The Morgan fingerprint density at radius 2 is 1.73 bits per heavy atom. The molecule has 168 valence electrons. The molecule has 11 heteroatoms. The Bertz CT molecular complexity index is 849. The summed E-state index contributed by atoms with van der Waals surface area (Å²) in [5, 5.41) is 3.30. The van der Waals surface area contributed by atoms with Gasteiger partial charge in [-0.15, -0.1) is 11.3 Å². The lowest BCUT2D eigenvalue weighted by Gasteiger charge is -2.25. The molecule has 0 spiro atoms. The molecule has 0 unspecified atom stereocenters. The summed E-state index contributed by atoms with van der Waals surface area (Å²) in [6.45, 7) is 7.66. The number of hydrogen-bond acceptors (Lipinski definition) is 6. The van der Waals surface area contributed by atoms with Crippen LogP contribution in [0, 0.1) is 5.92 Å². The topological polar surface area (TPSA) is 99.3 Å². The van der Waals surface area contributed by atoms with E-state index in [1.54, 1.807) is 11.0 Å². The van der Waals surface area contributed by atoms with Gasteiger partial charge in [0, 0.05) is 45.7 Å². The largest absolute Gasteiger partial charge is 0.379 e. The Morgan fingerprint density at radius 3 is 2.43 bits per heavy atom. The Morgan fingerprint density at radius 1 is 1.07 bits per heavy atom. The number of morpholine rings is 1. The van der Waals surface area contributed by atoms with E-state index >= 15 is 0 Å². The summed E-state index contributed by atoms with van der Waals surface area (Å²) in [6.07, 6.45) is 1.24. The normalized spacial score (nSPS) is 19.0. The fraction of sp³-hybridized carbons (Fsp3) is 0.684. The van der Waals surface area contributed by atoms with Gasteiger partial charge in [-0.3, -0.25) is 10.1 Å². The number of ether oxygens (including phenoxy) is 1. The SMILES string of the molecule is CC(C)CC(=O)N1CCCN(C(=O)Nc2ccc(S(=O)(=O)N3CCOCC3)s2)CC1. The summed E-state index contributed by atoms with van der Waals surface area (Å²) in [5.74, 6) is 0.436. The van der Waals surface area contributed by atoms with Gasteiger partial charge in [-0.05, 0) is 24.5 Å². The molecular weight excluding hydrogens is 428 g/mol. The Balaban J connectivity index is 1.57. The number of urea groups is 1. The molecule has 3 heterocycles. The molecule has 0 atom stereocenters. The third kappa shape index (κ3) is 5.71. The predicted molar refractivity (Wildman–Crippen MR) is 115 cm³/mol. The summed E-state index contributed by atoms with van der Waals surface area (Å²) in [7, 11) is -3.57. The van der Waals surface area contributed by atoms with E-state index in [1.807, 2.05) is 18.7 Å². The summed E-state index contributed by atoms with van der Waals surface area (Å²) >= 11 is 1.05. The van der Waals surface area contributed by atoms with Gasteiger partial charge in [-0.1, -0.05) is 13.8 Å². The van der Waals surface area contributed by atoms with Crippen LogP contribution in [0.4, 0.5) is 9.80 Å². The van der Waals surface area contributed by atoms with Crippen molar-refractivity contribution in [3.8, 4) is 0 Å². The molecule has 0 bridgehead atoms. The van der Waals surface area contributed by atoms with E-state index in [1.165, 1.54) is 10.4 Å². The van der Waals surface area contributed by atoms with Crippen LogP contribution in [0.2, 0.25) is 0 Å². The predicted octanol–water partition coefficient (Wildman–Crippen LogP) is 1.88. The number of hydrogen-bond donors (Lipinski definition) is 1. The van der Waals surface area contributed by atoms with Crippen LogP contribution in [0.25, 0.3) is 0 Å². The number of nitrogens with one attached hydrogen (secondary N) is 1. The van der Waals surface area contributed by atoms with Gasteiger partial charge in [0.05, 0.1) is 18.2 Å². The van der Waals surface area contributed by atoms with Crippen molar-refractivity contribution >= 4 is 38.3 Å². The second kappa shape index (κ2) is 10.1. The van der Waals surface area contributed by atoms with E-state index in [0.29, 0.717) is 69.8 Å². The maximum atomic E-state index is 12.7. The van der Waals surface area contributed by atoms with Crippen LogP contribution in [0.15, 0.2) is 16.3 Å². The van der Waals surface area contributed by atoms with Crippen LogP contribution in [0.5, 0.6) is 0 Å². The van der Waals surface area contributed by atoms with Crippen molar-refractivity contribution in [3.63, 3.8) is 0 Å². The van der Waals surface area contributed by atoms with Gasteiger partial charge in [-0.2, -0.15) is 4.31 Å². The highest BCUT2D eigenvalue weighted by Gasteiger charge is 2.28. The van der Waals surface area contributed by atoms with Crippen molar-refractivity contribution in [2.45, 2.75) is 30.9 Å². The lowest BCUT2D eigenvalue weighted by Crippen LogP contribution is -2.40. The number of carbonyl (C=O) groups is 2. The number of carbonyl (C=O) groups excluding carboxylic acids is 2. The first kappa shape index (κ1) is 23.0. The molecule has 0 aliphatic carbocycles. The quantitative estimate of drug-likeness (QED) is 0.726. The van der Waals surface area contributed by atoms with Gasteiger partial charge in [-0.25, -0.2) is 13.2 Å². The van der Waals surface area contributed by atoms with E-state index in [9.17, 15) is 18.0 Å². The van der Waals surface area contributed by atoms with Gasteiger partial charge in [0.2, 0.25) is 5.91 Å². The Hall–Kier alpha value is -1.69. The maximum absolute atomic E-state index is 12.7. The minimum absolute atomic E-state index is 0.128. The Labute approximate surface area is 182 Å². The zero-order valence-corrected chi connectivity index (χ0v) is 19.1. The lowest BCUT2D eigenvalue weighted by atomic mass is 10.1. The zero-order valence-electron chi connectivity index (χ0n) is 17.5. The maximum Gasteiger partial charge on any atom is 0.322 e. The standard InChI is InChI=1S/C19H30N4O5S2/c1-15(2)14-17(24)21-6-3-7-22(9-8-21)19(25)20-16-4-5-18(29-16)30(26,27)23-10-12-28-13-11-23/h4-5,15H,3,6-14H2,1-2H3,(H,20,25). The van der Waals surface area contributed by atoms with Gasteiger partial charge < -0.3 is 14.5 Å². The van der Waals surface area contributed by atoms with Crippen LogP contribution in [0.1, 0.15) is 26.7 Å². The van der Waals surface area contributed by atoms with E-state index in [-0.39, 0.29) is 16.1 Å². The monoisotopic (exact) mass is 458 g/mol. The fourth-order valence-corrected chi connectivity index (χ4v) is 6.23. The average molecular weight is 459 g/mol. The molecule has 9 nitrogen and oxygen atoms in total. The van der Waals surface area contributed by atoms with E-state index in [2.05, 4.69) is 5.32 Å². The minimum Gasteiger partial charge on any atom is -0.379 e. The molecule has 3 amide bonds. The molecule has 2 aliphatic heterocycles. The lowest BCUT2D eigenvalue weighted by molar-refractivity contribution is -0.131. The van der Waals surface area contributed by atoms with Gasteiger partial charge in [0.1, 0.15) is 4.21 Å². The molecule has 1 N–H and O–H groups in total. The van der Waals surface area contributed by atoms with Crippen LogP contribution >= 0.6 is 11.3 Å². The molecule has 2 saturated heterocycles. The van der Waals surface area contributed by atoms with Crippen LogP contribution in [-0.4, -0.2) is 86.9 Å². The summed E-state index contributed by atoms with van der Waals surface area (Å²) in [5.41, 5.74) is 0. The minimum atomic E-state index is -3.57. The molecule has 3 rings (SSSR count). The second-order valence-electron chi connectivity index (χ2n) is 7.88. The molecule has 30 heavy (non-hydrogen) atoms. The van der Waals surface area contributed by atoms with Crippen molar-refractivity contribution in [2.24, 2.45) is 5.92 Å². The van der Waals surface area contributed by atoms with E-state index < -0.39 is 10.0 Å². The Kier molecular flexibility index (Phi) is 7.72. The van der Waals surface area contributed by atoms with Crippen LogP contribution < -0.4 is 5.32 Å². The number of thiophene rings is 1. The molecule has 2 fully saturated rings. The fourth-order valence-electron chi connectivity index (χ4n) is 3.47. The number of amides is 3. The van der Waals surface area contributed by atoms with Gasteiger partial charge in [0.15, 0.2) is 0 Å². The first-order valence-corrected chi connectivity index (χ1v) is 12.5. The summed E-state index contributed by atoms with van der Waals surface area (Å²) in [6, 6.07) is 2.87. The highest BCUT2D eigenvalue weighted by Crippen LogP contribution is 2.29. The summed E-state index contributed by atoms with van der Waals surface area (Å²) in [4.78, 5) is 28.5. The zero-order chi connectivity index (χ0) is 21.7. The second-order valence-corrected chi connectivity index (χ2v) is 11.1. The van der Waals surface area contributed by atoms with Crippen LogP contribution in [0.3, 0.4) is 0 Å². The number of rotatable bonds is 5. The van der Waals surface area contributed by atoms with Crippen molar-refractivity contribution in [3.05, 3.63) is 12.1 Å². The number of anilines is 1. The first-order valence-electron chi connectivity index (χ1n) is 10.3. The average Bonchev–Trinajstić information content (AvgIpc) is 3.04. The van der Waals surface area contributed by atoms with Crippen LogP contribution in [-0.2, 0) is 19.6 Å². The van der Waals surface area contributed by atoms with E-state index in [4.69, 9.17) is 4.74 Å². The van der Waals surface area contributed by atoms with Gasteiger partial charge >= 0.3 is 6.03 Å². The molecule has 1 aromatic rings. The number of sulfonamides is 1. The molecule has 0 aromatic carbocycles.